The summed E-state index contributed by atoms with van der Waals surface area (Å²) in [6, 6.07) is 12.7. The van der Waals surface area contributed by atoms with Crippen LogP contribution in [0.2, 0.25) is 0 Å². The Morgan fingerprint density at radius 1 is 1.12 bits per heavy atom. The highest BCUT2D eigenvalue weighted by atomic mass is 19.1. The third-order valence-corrected chi connectivity index (χ3v) is 8.09. The molecule has 5 aromatic rings. The van der Waals surface area contributed by atoms with E-state index in [0.717, 1.165) is 65.5 Å². The predicted octanol–water partition coefficient (Wildman–Crippen LogP) is 5.33. The highest BCUT2D eigenvalue weighted by Crippen LogP contribution is 2.37. The molecular weight excluding hydrogens is 507 g/mol. The molecule has 1 unspecified atom stereocenters. The molecule has 206 valence electrons. The van der Waals surface area contributed by atoms with E-state index < -0.39 is 5.82 Å². The van der Waals surface area contributed by atoms with Crippen LogP contribution in [0.5, 0.6) is 0 Å². The van der Waals surface area contributed by atoms with Crippen LogP contribution >= 0.6 is 0 Å². The molecule has 0 aliphatic carbocycles. The first-order valence-corrected chi connectivity index (χ1v) is 13.7. The molecule has 4 heterocycles. The molecule has 1 saturated heterocycles. The van der Waals surface area contributed by atoms with Gasteiger partial charge in [0.05, 0.1) is 22.1 Å². The molecule has 0 bridgehead atoms. The summed E-state index contributed by atoms with van der Waals surface area (Å²) in [5, 5.41) is 0.939. The third kappa shape index (κ3) is 4.81. The maximum Gasteiger partial charge on any atom is 0.323 e. The molecule has 9 heteroatoms. The number of fused-ring (bicyclic) bond motifs is 2. The van der Waals surface area contributed by atoms with E-state index in [1.807, 2.05) is 38.2 Å². The first-order chi connectivity index (χ1) is 19.3. The van der Waals surface area contributed by atoms with Crippen molar-refractivity contribution in [2.45, 2.75) is 45.3 Å². The van der Waals surface area contributed by atoms with Gasteiger partial charge in [-0.15, -0.1) is 0 Å². The van der Waals surface area contributed by atoms with Gasteiger partial charge in [-0.25, -0.2) is 9.18 Å². The lowest BCUT2D eigenvalue weighted by Crippen LogP contribution is -2.35. The van der Waals surface area contributed by atoms with Crippen molar-refractivity contribution in [2.24, 2.45) is 0 Å². The Morgan fingerprint density at radius 2 is 1.95 bits per heavy atom. The molecule has 1 amide bonds. The highest BCUT2D eigenvalue weighted by Gasteiger charge is 2.26. The Labute approximate surface area is 231 Å². The normalized spacial score (nSPS) is 16.3. The molecule has 0 spiro atoms. The number of piperidine rings is 1. The van der Waals surface area contributed by atoms with Gasteiger partial charge in [-0.05, 0) is 74.7 Å². The predicted molar refractivity (Wildman–Crippen MR) is 155 cm³/mol. The van der Waals surface area contributed by atoms with E-state index in [2.05, 4.69) is 36.7 Å². The molecule has 1 aliphatic heterocycles. The quantitative estimate of drug-likeness (QED) is 0.305. The number of imidazole rings is 1. The minimum absolute atomic E-state index is 0.0157. The van der Waals surface area contributed by atoms with Crippen molar-refractivity contribution in [3.05, 3.63) is 88.5 Å². The molecule has 2 N–H and O–H groups in total. The van der Waals surface area contributed by atoms with Crippen LogP contribution in [0.1, 0.15) is 48.7 Å². The smallest absolute Gasteiger partial charge is 0.323 e. The zero-order chi connectivity index (χ0) is 28.0. The number of benzene rings is 2. The summed E-state index contributed by atoms with van der Waals surface area (Å²) in [5.41, 5.74) is 5.55. The second-order valence-corrected chi connectivity index (χ2v) is 11.0. The molecule has 6 rings (SSSR count). The van der Waals surface area contributed by atoms with Crippen LogP contribution in [0, 0.1) is 5.82 Å². The largest absolute Gasteiger partial charge is 0.342 e. The van der Waals surface area contributed by atoms with Crippen LogP contribution in [-0.4, -0.2) is 61.4 Å². The van der Waals surface area contributed by atoms with Crippen molar-refractivity contribution < 1.29 is 9.18 Å². The summed E-state index contributed by atoms with van der Waals surface area (Å²) in [7, 11) is 1.74. The van der Waals surface area contributed by atoms with Crippen molar-refractivity contribution in [1.29, 1.82) is 0 Å². The average Bonchev–Trinajstić information content (AvgIpc) is 3.52. The van der Waals surface area contributed by atoms with Crippen molar-refractivity contribution >= 4 is 27.8 Å². The number of carbonyl (C=O) groups excluding carboxylic acids is 1. The molecule has 1 atom stereocenters. The molecule has 0 saturated carbocycles. The molecule has 3 aromatic heterocycles. The molecule has 1 fully saturated rings. The number of carbonyl (C=O) groups is 1. The summed E-state index contributed by atoms with van der Waals surface area (Å²) in [6.07, 6.45) is 7.80. The van der Waals surface area contributed by atoms with E-state index in [1.165, 1.54) is 12.1 Å². The lowest BCUT2D eigenvalue weighted by atomic mass is 9.98. The van der Waals surface area contributed by atoms with Crippen LogP contribution < -0.4 is 5.69 Å². The van der Waals surface area contributed by atoms with E-state index in [1.54, 1.807) is 24.2 Å². The number of hydrogen-bond donors (Lipinski definition) is 2. The number of likely N-dealkylation sites (tertiary alicyclic amines) is 1. The fourth-order valence-electron chi connectivity index (χ4n) is 5.81. The number of hydrogen-bond acceptors (Lipinski definition) is 4. The number of H-pyrrole nitrogens is 2. The minimum atomic E-state index is -0.434. The summed E-state index contributed by atoms with van der Waals surface area (Å²) in [6.45, 7) is 6.52. The number of amides is 1. The van der Waals surface area contributed by atoms with Crippen LogP contribution in [-0.2, 0) is 6.54 Å². The maximum atomic E-state index is 14.4. The monoisotopic (exact) mass is 540 g/mol. The fourth-order valence-corrected chi connectivity index (χ4v) is 5.81. The Kier molecular flexibility index (Phi) is 6.75. The van der Waals surface area contributed by atoms with E-state index in [0.29, 0.717) is 11.1 Å². The second kappa shape index (κ2) is 10.4. The molecule has 0 radical (unpaired) electrons. The minimum Gasteiger partial charge on any atom is -0.342 e. The Hall–Kier alpha value is -4.24. The van der Waals surface area contributed by atoms with Gasteiger partial charge < -0.3 is 19.4 Å². The maximum absolute atomic E-state index is 14.4. The highest BCUT2D eigenvalue weighted by molar-refractivity contribution is 6.05. The van der Waals surface area contributed by atoms with Gasteiger partial charge in [0.1, 0.15) is 5.82 Å². The number of pyridine rings is 1. The van der Waals surface area contributed by atoms with Gasteiger partial charge in [0, 0.05) is 61.8 Å². The van der Waals surface area contributed by atoms with Gasteiger partial charge in [0.25, 0.3) is 5.91 Å². The summed E-state index contributed by atoms with van der Waals surface area (Å²) < 4.78 is 16.7. The standard InChI is InChI=1S/C31H33FN6O2/c1-19(2)36(3)30(39)24-14-21(32)7-8-23(24)26-18-38(29-10-11-33-15-25(26)29)22-5-4-12-37(17-22)16-20-6-9-27-28(13-20)35-31(40)34-27/h6-11,13-15,18-19,22H,4-5,12,16-17H2,1-3H3,(H2,34,35,40). The first-order valence-electron chi connectivity index (χ1n) is 13.7. The van der Waals surface area contributed by atoms with E-state index in [9.17, 15) is 14.0 Å². The van der Waals surface area contributed by atoms with Crippen LogP contribution in [0.15, 0.2) is 65.8 Å². The van der Waals surface area contributed by atoms with Crippen molar-refractivity contribution in [2.75, 3.05) is 20.1 Å². The summed E-state index contributed by atoms with van der Waals surface area (Å²) in [4.78, 5) is 39.2. The number of nitrogens with zero attached hydrogens (tertiary/aromatic N) is 4. The number of aromatic amines is 2. The second-order valence-electron chi connectivity index (χ2n) is 11.0. The van der Waals surface area contributed by atoms with Crippen molar-refractivity contribution in [1.82, 2.24) is 29.3 Å². The molecule has 2 aromatic carbocycles. The molecular formula is C31H33FN6O2. The van der Waals surface area contributed by atoms with Crippen LogP contribution in [0.4, 0.5) is 4.39 Å². The molecule has 1 aliphatic rings. The SMILES string of the molecule is CC(C)N(C)C(=O)c1cc(F)ccc1-c1cn(C2CCCN(Cc3ccc4[nH]c(=O)[nH]c4c3)C2)c2ccncc12. The van der Waals surface area contributed by atoms with Crippen LogP contribution in [0.25, 0.3) is 33.1 Å². The summed E-state index contributed by atoms with van der Waals surface area (Å²) in [5.74, 6) is -0.644. The van der Waals surface area contributed by atoms with Gasteiger partial charge >= 0.3 is 5.69 Å². The third-order valence-electron chi connectivity index (χ3n) is 8.09. The van der Waals surface area contributed by atoms with Gasteiger partial charge in [0.15, 0.2) is 0 Å². The Bertz CT molecular complexity index is 1770. The number of aromatic nitrogens is 4. The van der Waals surface area contributed by atoms with Gasteiger partial charge in [-0.2, -0.15) is 0 Å². The van der Waals surface area contributed by atoms with Crippen molar-refractivity contribution in [3.63, 3.8) is 0 Å². The zero-order valence-electron chi connectivity index (χ0n) is 22.9. The van der Waals surface area contributed by atoms with Gasteiger partial charge in [-0.3, -0.25) is 14.7 Å². The van der Waals surface area contributed by atoms with Crippen LogP contribution in [0.3, 0.4) is 0 Å². The molecule has 40 heavy (non-hydrogen) atoms. The lowest BCUT2D eigenvalue weighted by Gasteiger charge is -2.34. The average molecular weight is 541 g/mol. The lowest BCUT2D eigenvalue weighted by molar-refractivity contribution is 0.0755. The first kappa shape index (κ1) is 26.0. The fraction of sp³-hybridized carbons (Fsp3) is 0.323. The molecule has 8 nitrogen and oxygen atoms in total. The number of halogens is 1. The Morgan fingerprint density at radius 3 is 2.77 bits per heavy atom. The van der Waals surface area contributed by atoms with Gasteiger partial charge in [-0.1, -0.05) is 12.1 Å². The number of rotatable bonds is 6. The van der Waals surface area contributed by atoms with E-state index >= 15 is 0 Å². The zero-order valence-corrected chi connectivity index (χ0v) is 22.9. The number of nitrogens with one attached hydrogen (secondary N) is 2. The van der Waals surface area contributed by atoms with Gasteiger partial charge in [0.2, 0.25) is 0 Å². The van der Waals surface area contributed by atoms with E-state index in [-0.39, 0.29) is 23.7 Å². The van der Waals surface area contributed by atoms with Crippen molar-refractivity contribution in [3.8, 4) is 11.1 Å². The Balaban J connectivity index is 1.34. The summed E-state index contributed by atoms with van der Waals surface area (Å²) >= 11 is 0. The van der Waals surface area contributed by atoms with E-state index in [4.69, 9.17) is 0 Å². The topological polar surface area (TPSA) is 90.0 Å².